The van der Waals surface area contributed by atoms with Crippen LogP contribution in [-0.4, -0.2) is 29.5 Å². The van der Waals surface area contributed by atoms with Gasteiger partial charge in [0.05, 0.1) is 16.9 Å². The van der Waals surface area contributed by atoms with E-state index in [1.54, 1.807) is 6.07 Å². The predicted molar refractivity (Wildman–Crippen MR) is 83.0 cm³/mol. The summed E-state index contributed by atoms with van der Waals surface area (Å²) in [4.78, 5) is 12.9. The zero-order chi connectivity index (χ0) is 15.8. The molecule has 1 rings (SSSR count). The lowest BCUT2D eigenvalue weighted by atomic mass is 10.1. The summed E-state index contributed by atoms with van der Waals surface area (Å²) in [6.45, 7) is 8.47. The third kappa shape index (κ3) is 4.72. The van der Waals surface area contributed by atoms with E-state index in [1.165, 1.54) is 6.07 Å². The molecule has 0 aliphatic heterocycles. The maximum Gasteiger partial charge on any atom is 0.292 e. The van der Waals surface area contributed by atoms with Gasteiger partial charge < -0.3 is 5.32 Å². The predicted octanol–water partition coefficient (Wildman–Crippen LogP) is 3.01. The maximum absolute atomic E-state index is 11.1. The highest BCUT2D eigenvalue weighted by molar-refractivity contribution is 5.66. The van der Waals surface area contributed by atoms with Crippen molar-refractivity contribution in [3.63, 3.8) is 0 Å². The van der Waals surface area contributed by atoms with Gasteiger partial charge in [-0.1, -0.05) is 19.1 Å². The quantitative estimate of drug-likeness (QED) is 0.588. The molecule has 6 heteroatoms. The molecule has 1 N–H and O–H groups in total. The van der Waals surface area contributed by atoms with E-state index in [4.69, 9.17) is 5.26 Å². The molecule has 1 aromatic rings. The lowest BCUT2D eigenvalue weighted by molar-refractivity contribution is -0.384. The lowest BCUT2D eigenvalue weighted by Crippen LogP contribution is -2.28. The summed E-state index contributed by atoms with van der Waals surface area (Å²) in [5.74, 6) is -0.0637. The Balaban J connectivity index is 3.03. The Morgan fingerprint density at radius 1 is 1.48 bits per heavy atom. The third-order valence-corrected chi connectivity index (χ3v) is 3.27. The van der Waals surface area contributed by atoms with E-state index in [0.717, 1.165) is 12.1 Å². The minimum atomic E-state index is -0.365. The summed E-state index contributed by atoms with van der Waals surface area (Å²) in [6, 6.07) is 7.33. The highest BCUT2D eigenvalue weighted by Crippen LogP contribution is 2.29. The number of rotatable bonds is 8. The van der Waals surface area contributed by atoms with Crippen LogP contribution in [-0.2, 0) is 6.54 Å². The van der Waals surface area contributed by atoms with Gasteiger partial charge in [-0.3, -0.25) is 15.0 Å². The van der Waals surface area contributed by atoms with Crippen LogP contribution in [0.3, 0.4) is 0 Å². The number of para-hydroxylation sites is 1. The first kappa shape index (κ1) is 16.9. The number of nitro groups is 1. The highest BCUT2D eigenvalue weighted by atomic mass is 16.6. The molecule has 0 saturated heterocycles. The van der Waals surface area contributed by atoms with Crippen LogP contribution >= 0.6 is 0 Å². The summed E-state index contributed by atoms with van der Waals surface area (Å²) in [5.41, 5.74) is 1.56. The van der Waals surface area contributed by atoms with Gasteiger partial charge in [0.1, 0.15) is 5.69 Å². The molecule has 0 aliphatic rings. The minimum absolute atomic E-state index is 0.0637. The normalized spacial score (nSPS) is 12.0. The van der Waals surface area contributed by atoms with E-state index < -0.39 is 0 Å². The van der Waals surface area contributed by atoms with Gasteiger partial charge >= 0.3 is 0 Å². The van der Waals surface area contributed by atoms with Crippen molar-refractivity contribution in [1.82, 2.24) is 4.90 Å². The number of hydrogen-bond donors (Lipinski definition) is 1. The van der Waals surface area contributed by atoms with Crippen molar-refractivity contribution in [2.75, 3.05) is 25.0 Å². The fourth-order valence-corrected chi connectivity index (χ4v) is 2.23. The Morgan fingerprint density at radius 3 is 2.71 bits per heavy atom. The minimum Gasteiger partial charge on any atom is -0.380 e. The molecule has 0 heterocycles. The number of anilines is 1. The zero-order valence-corrected chi connectivity index (χ0v) is 12.8. The Hall–Kier alpha value is -2.13. The van der Waals surface area contributed by atoms with E-state index in [9.17, 15) is 10.1 Å². The molecule has 0 radical (unpaired) electrons. The molecule has 1 atom stereocenters. The zero-order valence-electron chi connectivity index (χ0n) is 12.8. The van der Waals surface area contributed by atoms with Crippen LogP contribution in [0.2, 0.25) is 0 Å². The van der Waals surface area contributed by atoms with Gasteiger partial charge in [-0.25, -0.2) is 0 Å². The third-order valence-electron chi connectivity index (χ3n) is 3.27. The number of hydrogen-bond acceptors (Lipinski definition) is 5. The van der Waals surface area contributed by atoms with Gasteiger partial charge in [0.2, 0.25) is 0 Å². The highest BCUT2D eigenvalue weighted by Gasteiger charge is 2.18. The fraction of sp³-hybridized carbons (Fsp3) is 0.533. The van der Waals surface area contributed by atoms with E-state index in [2.05, 4.69) is 16.3 Å². The van der Waals surface area contributed by atoms with E-state index in [1.807, 2.05) is 26.8 Å². The largest absolute Gasteiger partial charge is 0.380 e. The molecule has 0 saturated carbocycles. The standard InChI is InChI=1S/C15H22N4O2/c1-4-17-15-13(7-6-8-14(15)19(20)21)11-18(5-2)10-12(3)9-16/h6-8,12,17H,4-5,10-11H2,1-3H3. The second-order valence-corrected chi connectivity index (χ2v) is 4.96. The average molecular weight is 290 g/mol. The Bertz CT molecular complexity index is 525. The van der Waals surface area contributed by atoms with Crippen molar-refractivity contribution in [3.05, 3.63) is 33.9 Å². The summed E-state index contributed by atoms with van der Waals surface area (Å²) >= 11 is 0. The molecule has 0 bridgehead atoms. The summed E-state index contributed by atoms with van der Waals surface area (Å²) in [7, 11) is 0. The van der Waals surface area contributed by atoms with Crippen molar-refractivity contribution >= 4 is 11.4 Å². The lowest BCUT2D eigenvalue weighted by Gasteiger charge is -2.23. The summed E-state index contributed by atoms with van der Waals surface area (Å²) < 4.78 is 0. The van der Waals surface area contributed by atoms with Gasteiger partial charge in [-0.15, -0.1) is 0 Å². The van der Waals surface area contributed by atoms with Crippen molar-refractivity contribution < 1.29 is 4.92 Å². The summed E-state index contributed by atoms with van der Waals surface area (Å²) in [5, 5.41) is 23.1. The number of nitrogens with one attached hydrogen (secondary N) is 1. The van der Waals surface area contributed by atoms with Crippen molar-refractivity contribution in [2.24, 2.45) is 5.92 Å². The molecule has 0 aromatic heterocycles. The van der Waals surface area contributed by atoms with Gasteiger partial charge in [0.15, 0.2) is 0 Å². The van der Waals surface area contributed by atoms with Crippen molar-refractivity contribution in [2.45, 2.75) is 27.3 Å². The second-order valence-electron chi connectivity index (χ2n) is 4.96. The Labute approximate surface area is 125 Å². The first-order valence-electron chi connectivity index (χ1n) is 7.15. The molecule has 1 unspecified atom stereocenters. The molecular weight excluding hydrogens is 268 g/mol. The molecule has 0 aliphatic carbocycles. The summed E-state index contributed by atoms with van der Waals surface area (Å²) in [6.07, 6.45) is 0. The molecule has 0 spiro atoms. The van der Waals surface area contributed by atoms with E-state index in [-0.39, 0.29) is 16.5 Å². The molecule has 21 heavy (non-hydrogen) atoms. The Morgan fingerprint density at radius 2 is 2.19 bits per heavy atom. The number of nitro benzene ring substituents is 1. The van der Waals surface area contributed by atoms with Crippen LogP contribution in [0.25, 0.3) is 0 Å². The smallest absolute Gasteiger partial charge is 0.292 e. The van der Waals surface area contributed by atoms with Crippen LogP contribution in [0.5, 0.6) is 0 Å². The molecular formula is C15H22N4O2. The number of benzene rings is 1. The number of nitriles is 1. The van der Waals surface area contributed by atoms with Crippen LogP contribution < -0.4 is 5.32 Å². The van der Waals surface area contributed by atoms with Gasteiger partial charge in [-0.05, 0) is 26.0 Å². The topological polar surface area (TPSA) is 82.2 Å². The molecule has 0 fully saturated rings. The van der Waals surface area contributed by atoms with Gasteiger partial charge in [0, 0.05) is 25.7 Å². The van der Waals surface area contributed by atoms with Crippen molar-refractivity contribution in [1.29, 1.82) is 5.26 Å². The second kappa shape index (κ2) is 8.22. The van der Waals surface area contributed by atoms with Crippen LogP contribution in [0.15, 0.2) is 18.2 Å². The monoisotopic (exact) mass is 290 g/mol. The van der Waals surface area contributed by atoms with E-state index >= 15 is 0 Å². The number of nitrogens with zero attached hydrogens (tertiary/aromatic N) is 3. The average Bonchev–Trinajstić information content (AvgIpc) is 2.47. The van der Waals surface area contributed by atoms with Gasteiger partial charge in [0.25, 0.3) is 5.69 Å². The molecule has 114 valence electrons. The first-order valence-corrected chi connectivity index (χ1v) is 7.15. The van der Waals surface area contributed by atoms with Crippen LogP contribution in [0, 0.1) is 27.4 Å². The van der Waals surface area contributed by atoms with Crippen LogP contribution in [0.1, 0.15) is 26.3 Å². The Kier molecular flexibility index (Phi) is 6.63. The maximum atomic E-state index is 11.1. The van der Waals surface area contributed by atoms with Crippen molar-refractivity contribution in [3.8, 4) is 6.07 Å². The molecule has 1 aromatic carbocycles. The van der Waals surface area contributed by atoms with E-state index in [0.29, 0.717) is 25.3 Å². The molecule has 6 nitrogen and oxygen atoms in total. The van der Waals surface area contributed by atoms with Gasteiger partial charge in [-0.2, -0.15) is 5.26 Å². The van der Waals surface area contributed by atoms with Crippen LogP contribution in [0.4, 0.5) is 11.4 Å². The molecule has 0 amide bonds. The first-order chi connectivity index (χ1) is 10.0. The SMILES string of the molecule is CCNc1c(CN(CC)CC(C)C#N)cccc1[N+](=O)[O-]. The fourth-order valence-electron chi connectivity index (χ4n) is 2.23.